The summed E-state index contributed by atoms with van der Waals surface area (Å²) < 4.78 is 25.6. The predicted molar refractivity (Wildman–Crippen MR) is 137 cm³/mol. The fourth-order valence-electron chi connectivity index (χ4n) is 3.22. The summed E-state index contributed by atoms with van der Waals surface area (Å²) in [7, 11) is 8.37. The van der Waals surface area contributed by atoms with Crippen LogP contribution in [0.2, 0.25) is 0 Å². The molecule has 0 aliphatic heterocycles. The van der Waals surface area contributed by atoms with Crippen LogP contribution in [0, 0.1) is 0 Å². The van der Waals surface area contributed by atoms with Gasteiger partial charge in [-0.05, 0) is 36.8 Å². The zero-order valence-corrected chi connectivity index (χ0v) is 22.0. The fourth-order valence-corrected chi connectivity index (χ4v) is 3.50. The van der Waals surface area contributed by atoms with Gasteiger partial charge in [0, 0.05) is 0 Å². The van der Waals surface area contributed by atoms with Crippen molar-refractivity contribution in [2.75, 3.05) is 34.6 Å². The largest absolute Gasteiger partial charge is 0.496 e. The van der Waals surface area contributed by atoms with Gasteiger partial charge in [0.15, 0.2) is 0 Å². The van der Waals surface area contributed by atoms with Crippen molar-refractivity contribution in [3.05, 3.63) is 47.5 Å². The van der Waals surface area contributed by atoms with E-state index in [4.69, 9.17) is 23.7 Å². The van der Waals surface area contributed by atoms with E-state index in [1.165, 1.54) is 73.1 Å². The van der Waals surface area contributed by atoms with E-state index in [2.05, 4.69) is 16.2 Å². The molecule has 2 aromatic carbocycles. The first-order chi connectivity index (χ1) is 16.5. The smallest absolute Gasteiger partial charge is 0.353 e. The molecule has 2 aromatic rings. The summed E-state index contributed by atoms with van der Waals surface area (Å²) in [6, 6.07) is 9.56. The van der Waals surface area contributed by atoms with E-state index >= 15 is 0 Å². The van der Waals surface area contributed by atoms with Gasteiger partial charge in [-0.2, -0.15) is 0 Å². The zero-order chi connectivity index (χ0) is 25.3. The number of hydrogen-bond acceptors (Lipinski definition) is 7. The van der Waals surface area contributed by atoms with Crippen molar-refractivity contribution in [2.45, 2.75) is 45.4 Å². The predicted octanol–water partition coefficient (Wildman–Crippen LogP) is 5.94. The molecule has 0 N–H and O–H groups in total. The van der Waals surface area contributed by atoms with Gasteiger partial charge in [-0.1, -0.05) is 51.2 Å². The molecule has 0 aliphatic carbocycles. The van der Waals surface area contributed by atoms with E-state index in [9.17, 15) is 9.59 Å². The van der Waals surface area contributed by atoms with E-state index in [-0.39, 0.29) is 34.1 Å². The molecule has 188 valence electrons. The molecule has 0 bridgehead atoms. The number of unbranched alkanes of at least 4 members (excludes halogenated alkanes) is 5. The summed E-state index contributed by atoms with van der Waals surface area (Å²) >= 11 is 0. The molecule has 0 saturated carbocycles. The summed E-state index contributed by atoms with van der Waals surface area (Å²) in [6.07, 6.45) is 9.80. The zero-order valence-electron chi connectivity index (χ0n) is 20.8. The fraction of sp³-hybridized carbons (Fsp3) is 0.462. The SMILES string of the molecule is CCCCCCCCP.COc1cccc(OC)c1C(=O)OC(=O)c1c(OC)cccc1OC. The van der Waals surface area contributed by atoms with Gasteiger partial charge >= 0.3 is 11.9 Å². The Labute approximate surface area is 205 Å². The molecule has 0 aromatic heterocycles. The minimum absolute atomic E-state index is 0.00900. The lowest BCUT2D eigenvalue weighted by atomic mass is 10.1. The number of ether oxygens (including phenoxy) is 5. The molecular weight excluding hydrogens is 455 g/mol. The van der Waals surface area contributed by atoms with E-state index in [0.29, 0.717) is 0 Å². The Bertz CT molecular complexity index is 783. The number of esters is 2. The number of rotatable bonds is 12. The second-order valence-electron chi connectivity index (χ2n) is 7.31. The Morgan fingerprint density at radius 1 is 0.647 bits per heavy atom. The van der Waals surface area contributed by atoms with Gasteiger partial charge in [0.05, 0.1) is 28.4 Å². The molecule has 0 heterocycles. The lowest BCUT2D eigenvalue weighted by Gasteiger charge is -2.14. The Morgan fingerprint density at radius 2 is 1.00 bits per heavy atom. The van der Waals surface area contributed by atoms with Gasteiger partial charge in [-0.15, -0.1) is 9.24 Å². The summed E-state index contributed by atoms with van der Waals surface area (Å²) in [4.78, 5) is 25.0. The highest BCUT2D eigenvalue weighted by molar-refractivity contribution is 7.16. The van der Waals surface area contributed by atoms with Gasteiger partial charge in [0.2, 0.25) is 0 Å². The Balaban J connectivity index is 0.000000546. The molecule has 0 radical (unpaired) electrons. The van der Waals surface area contributed by atoms with Crippen molar-refractivity contribution in [3.63, 3.8) is 0 Å². The van der Waals surface area contributed by atoms with Gasteiger partial charge in [0.25, 0.3) is 0 Å². The van der Waals surface area contributed by atoms with Crippen LogP contribution >= 0.6 is 9.24 Å². The van der Waals surface area contributed by atoms with Crippen molar-refractivity contribution < 1.29 is 33.3 Å². The highest BCUT2D eigenvalue weighted by Crippen LogP contribution is 2.32. The first-order valence-electron chi connectivity index (χ1n) is 11.4. The van der Waals surface area contributed by atoms with Crippen LogP contribution in [0.5, 0.6) is 23.0 Å². The Hall–Kier alpha value is -2.79. The van der Waals surface area contributed by atoms with E-state index in [1.54, 1.807) is 36.4 Å². The van der Waals surface area contributed by atoms with Crippen LogP contribution in [-0.4, -0.2) is 46.5 Å². The monoisotopic (exact) mass is 492 g/mol. The second kappa shape index (κ2) is 16.8. The van der Waals surface area contributed by atoms with Gasteiger partial charge in [0.1, 0.15) is 34.1 Å². The molecule has 34 heavy (non-hydrogen) atoms. The number of carbonyl (C=O) groups is 2. The average Bonchev–Trinajstić information content (AvgIpc) is 2.87. The number of hydrogen-bond donors (Lipinski definition) is 0. The first kappa shape index (κ1) is 29.2. The van der Waals surface area contributed by atoms with Crippen LogP contribution in [0.25, 0.3) is 0 Å². The maximum Gasteiger partial charge on any atom is 0.353 e. The molecule has 1 atom stereocenters. The van der Waals surface area contributed by atoms with E-state index in [1.807, 2.05) is 0 Å². The average molecular weight is 493 g/mol. The van der Waals surface area contributed by atoms with E-state index in [0.717, 1.165) is 0 Å². The molecule has 2 rings (SSSR count). The maximum absolute atomic E-state index is 12.5. The van der Waals surface area contributed by atoms with Crippen LogP contribution in [0.4, 0.5) is 0 Å². The normalized spacial score (nSPS) is 9.94. The van der Waals surface area contributed by atoms with Gasteiger partial charge in [-0.3, -0.25) is 0 Å². The van der Waals surface area contributed by atoms with Crippen molar-refractivity contribution in [1.29, 1.82) is 0 Å². The van der Waals surface area contributed by atoms with Crippen LogP contribution in [-0.2, 0) is 4.74 Å². The maximum atomic E-state index is 12.5. The number of carbonyl (C=O) groups excluding carboxylic acids is 2. The molecule has 0 spiro atoms. The Kier molecular flexibility index (Phi) is 14.4. The van der Waals surface area contributed by atoms with Crippen molar-refractivity contribution >= 4 is 21.2 Å². The third-order valence-electron chi connectivity index (χ3n) is 5.01. The highest BCUT2D eigenvalue weighted by atomic mass is 31.0. The minimum Gasteiger partial charge on any atom is -0.496 e. The summed E-state index contributed by atoms with van der Waals surface area (Å²) in [5.41, 5.74) is 0.0180. The molecule has 8 heteroatoms. The van der Waals surface area contributed by atoms with Crippen LogP contribution < -0.4 is 18.9 Å². The van der Waals surface area contributed by atoms with Crippen molar-refractivity contribution in [3.8, 4) is 23.0 Å². The van der Waals surface area contributed by atoms with Crippen molar-refractivity contribution in [2.24, 2.45) is 0 Å². The molecule has 1 unspecified atom stereocenters. The topological polar surface area (TPSA) is 80.3 Å². The molecule has 0 saturated heterocycles. The number of benzene rings is 2. The third kappa shape index (κ3) is 8.86. The molecule has 0 amide bonds. The Morgan fingerprint density at radius 3 is 1.32 bits per heavy atom. The van der Waals surface area contributed by atoms with Gasteiger partial charge < -0.3 is 23.7 Å². The minimum atomic E-state index is -0.910. The highest BCUT2D eigenvalue weighted by Gasteiger charge is 2.26. The third-order valence-corrected chi connectivity index (χ3v) is 5.42. The molecule has 0 fully saturated rings. The summed E-state index contributed by atoms with van der Waals surface area (Å²) in [6.45, 7) is 2.26. The molecule has 0 aliphatic rings. The second-order valence-corrected chi connectivity index (χ2v) is 7.89. The van der Waals surface area contributed by atoms with Crippen LogP contribution in [0.3, 0.4) is 0 Å². The van der Waals surface area contributed by atoms with E-state index < -0.39 is 11.9 Å². The van der Waals surface area contributed by atoms with Crippen LogP contribution in [0.15, 0.2) is 36.4 Å². The van der Waals surface area contributed by atoms with Crippen LogP contribution in [0.1, 0.15) is 66.2 Å². The number of methoxy groups -OCH3 is 4. The summed E-state index contributed by atoms with van der Waals surface area (Å²) in [5, 5.41) is 0. The molecular formula is C26H37O7P. The standard InChI is InChI=1S/C18H18O7.C8H19P/c1-21-11-7-5-8-12(22-2)15(11)17(19)25-18(20)16-13(23-3)9-6-10-14(16)24-4;1-2-3-4-5-6-7-8-9/h5-10H,1-4H3;2-9H2,1H3. The lowest BCUT2D eigenvalue weighted by Crippen LogP contribution is -2.16. The molecule has 7 nitrogen and oxygen atoms in total. The van der Waals surface area contributed by atoms with Crippen molar-refractivity contribution in [1.82, 2.24) is 0 Å². The first-order valence-corrected chi connectivity index (χ1v) is 12.2. The summed E-state index contributed by atoms with van der Waals surface area (Å²) in [5.74, 6) is -0.916. The van der Waals surface area contributed by atoms with Gasteiger partial charge in [-0.25, -0.2) is 9.59 Å². The quantitative estimate of drug-likeness (QED) is 0.157. The lowest BCUT2D eigenvalue weighted by molar-refractivity contribution is 0.0389.